The molecule has 1 aromatic carbocycles. The first-order chi connectivity index (χ1) is 12.0. The van der Waals surface area contributed by atoms with Crippen molar-refractivity contribution in [2.75, 3.05) is 13.1 Å². The normalized spacial score (nSPS) is 36.7. The molecule has 0 radical (unpaired) electrons. The Morgan fingerprint density at radius 3 is 2.60 bits per heavy atom. The number of aryl methyl sites for hydroxylation is 1. The molecule has 4 rings (SSSR count). The van der Waals surface area contributed by atoms with E-state index in [-0.39, 0.29) is 11.5 Å². The zero-order valence-electron chi connectivity index (χ0n) is 15.8. The predicted molar refractivity (Wildman–Crippen MR) is 101 cm³/mol. The molecule has 3 heteroatoms. The summed E-state index contributed by atoms with van der Waals surface area (Å²) in [5, 5.41) is 22.2. The van der Waals surface area contributed by atoms with Crippen molar-refractivity contribution in [1.29, 1.82) is 0 Å². The van der Waals surface area contributed by atoms with Crippen molar-refractivity contribution in [2.45, 2.75) is 82.3 Å². The van der Waals surface area contributed by atoms with Gasteiger partial charge < -0.3 is 10.2 Å². The molecule has 25 heavy (non-hydrogen) atoms. The average Bonchev–Trinajstić information content (AvgIpc) is 2.56. The molecule has 3 nitrogen and oxygen atoms in total. The fourth-order valence-electron chi connectivity index (χ4n) is 5.94. The Morgan fingerprint density at radius 1 is 1.12 bits per heavy atom. The van der Waals surface area contributed by atoms with Crippen LogP contribution in [0.4, 0.5) is 0 Å². The second kappa shape index (κ2) is 6.28. The minimum absolute atomic E-state index is 0.184. The molecule has 138 valence electrons. The zero-order valence-corrected chi connectivity index (χ0v) is 15.8. The molecule has 3 aliphatic rings. The fraction of sp³-hybridized carbons (Fsp3) is 0.727. The molecule has 1 saturated heterocycles. The van der Waals surface area contributed by atoms with Crippen LogP contribution >= 0.6 is 0 Å². The number of phenolic OH excluding ortho intramolecular Hbond substituents is 1. The Hall–Kier alpha value is -1.06. The molecule has 0 aromatic heterocycles. The number of hydrogen-bond acceptors (Lipinski definition) is 3. The van der Waals surface area contributed by atoms with E-state index in [2.05, 4.69) is 18.7 Å². The average molecular weight is 344 g/mol. The summed E-state index contributed by atoms with van der Waals surface area (Å²) in [4.78, 5) is 2.56. The van der Waals surface area contributed by atoms with E-state index in [1.165, 1.54) is 36.8 Å². The number of hydrogen-bond donors (Lipinski definition) is 2. The first kappa shape index (κ1) is 17.4. The van der Waals surface area contributed by atoms with Crippen LogP contribution in [0.5, 0.6) is 5.75 Å². The molecular formula is C22H33NO2. The van der Waals surface area contributed by atoms with Crippen molar-refractivity contribution in [1.82, 2.24) is 4.90 Å². The van der Waals surface area contributed by atoms with E-state index in [4.69, 9.17) is 0 Å². The lowest BCUT2D eigenvalue weighted by atomic mass is 9.53. The smallest absolute Gasteiger partial charge is 0.115 e. The van der Waals surface area contributed by atoms with E-state index < -0.39 is 5.60 Å². The van der Waals surface area contributed by atoms with Crippen LogP contribution in [0, 0.1) is 12.8 Å². The van der Waals surface area contributed by atoms with Crippen molar-refractivity contribution >= 4 is 0 Å². The van der Waals surface area contributed by atoms with Crippen LogP contribution in [-0.2, 0) is 5.41 Å². The molecule has 0 amide bonds. The standard InChI is InChI=1S/C22H33NO2/c1-16-8-9-19(24)14-20(16)21-10-3-4-11-22(21,25)17(2)23(13-12-21)15-18-6-5-7-18/h8-9,14,17-18,24-25H,3-7,10-13,15H2,1-2H3/t17-,21?,22-/m1/s1. The van der Waals surface area contributed by atoms with Gasteiger partial charge in [-0.05, 0) is 81.7 Å². The zero-order chi connectivity index (χ0) is 17.7. The van der Waals surface area contributed by atoms with Crippen LogP contribution < -0.4 is 0 Å². The summed E-state index contributed by atoms with van der Waals surface area (Å²) >= 11 is 0. The maximum atomic E-state index is 12.0. The maximum absolute atomic E-state index is 12.0. The molecule has 1 heterocycles. The largest absolute Gasteiger partial charge is 0.508 e. The van der Waals surface area contributed by atoms with Crippen molar-refractivity contribution in [2.24, 2.45) is 5.92 Å². The highest BCUT2D eigenvalue weighted by atomic mass is 16.3. The van der Waals surface area contributed by atoms with E-state index in [0.29, 0.717) is 5.75 Å². The van der Waals surface area contributed by atoms with Crippen LogP contribution in [0.2, 0.25) is 0 Å². The van der Waals surface area contributed by atoms with Gasteiger partial charge in [0.2, 0.25) is 0 Å². The van der Waals surface area contributed by atoms with Crippen LogP contribution in [-0.4, -0.2) is 39.8 Å². The van der Waals surface area contributed by atoms with Gasteiger partial charge in [0.05, 0.1) is 5.60 Å². The molecule has 0 spiro atoms. The van der Waals surface area contributed by atoms with Crippen molar-refractivity contribution in [3.05, 3.63) is 29.3 Å². The topological polar surface area (TPSA) is 43.7 Å². The van der Waals surface area contributed by atoms with E-state index in [1.54, 1.807) is 6.07 Å². The molecule has 2 N–H and O–H groups in total. The highest BCUT2D eigenvalue weighted by Gasteiger charge is 2.59. The minimum Gasteiger partial charge on any atom is -0.508 e. The van der Waals surface area contributed by atoms with Gasteiger partial charge in [-0.2, -0.15) is 0 Å². The number of aliphatic hydroxyl groups is 1. The minimum atomic E-state index is -0.689. The van der Waals surface area contributed by atoms with Crippen molar-refractivity contribution in [3.63, 3.8) is 0 Å². The Balaban J connectivity index is 1.71. The number of fused-ring (bicyclic) bond motifs is 1. The lowest BCUT2D eigenvalue weighted by molar-refractivity contribution is -0.157. The molecular weight excluding hydrogens is 310 g/mol. The lowest BCUT2D eigenvalue weighted by Crippen LogP contribution is -2.69. The summed E-state index contributed by atoms with van der Waals surface area (Å²) in [5.74, 6) is 1.16. The number of likely N-dealkylation sites (tertiary alicyclic amines) is 1. The Labute approximate surface area is 152 Å². The first-order valence-corrected chi connectivity index (χ1v) is 10.2. The Morgan fingerprint density at radius 2 is 1.88 bits per heavy atom. The maximum Gasteiger partial charge on any atom is 0.115 e. The van der Waals surface area contributed by atoms with Gasteiger partial charge in [0.25, 0.3) is 0 Å². The summed E-state index contributed by atoms with van der Waals surface area (Å²) in [6, 6.07) is 5.90. The summed E-state index contributed by atoms with van der Waals surface area (Å²) in [7, 11) is 0. The van der Waals surface area contributed by atoms with Gasteiger partial charge in [-0.3, -0.25) is 4.90 Å². The van der Waals surface area contributed by atoms with Crippen LogP contribution in [0.3, 0.4) is 0 Å². The monoisotopic (exact) mass is 343 g/mol. The highest BCUT2D eigenvalue weighted by molar-refractivity contribution is 5.43. The second-order valence-corrected chi connectivity index (χ2v) is 8.93. The van der Waals surface area contributed by atoms with Crippen LogP contribution in [0.25, 0.3) is 0 Å². The number of benzene rings is 1. The van der Waals surface area contributed by atoms with Crippen LogP contribution in [0.1, 0.15) is 69.4 Å². The second-order valence-electron chi connectivity index (χ2n) is 8.93. The molecule has 3 fully saturated rings. The quantitative estimate of drug-likeness (QED) is 0.867. The molecule has 1 unspecified atom stereocenters. The molecule has 1 aliphatic heterocycles. The van der Waals surface area contributed by atoms with Gasteiger partial charge in [-0.25, -0.2) is 0 Å². The van der Waals surface area contributed by atoms with Crippen LogP contribution in [0.15, 0.2) is 18.2 Å². The molecule has 3 atom stereocenters. The van der Waals surface area contributed by atoms with Gasteiger partial charge in [-0.1, -0.05) is 25.3 Å². The van der Waals surface area contributed by atoms with E-state index in [0.717, 1.165) is 44.7 Å². The SMILES string of the molecule is Cc1ccc(O)cc1C12CCCC[C@@]1(O)[C@@H](C)N(CC1CCC1)CC2. The molecule has 0 bridgehead atoms. The fourth-order valence-corrected chi connectivity index (χ4v) is 5.94. The van der Waals surface area contributed by atoms with E-state index in [9.17, 15) is 10.2 Å². The summed E-state index contributed by atoms with van der Waals surface area (Å²) in [5.41, 5.74) is 1.50. The van der Waals surface area contributed by atoms with Gasteiger partial charge in [0.1, 0.15) is 5.75 Å². The number of nitrogens with zero attached hydrogens (tertiary/aromatic N) is 1. The number of piperidine rings is 1. The number of aromatic hydroxyl groups is 1. The third-order valence-corrected chi connectivity index (χ3v) is 7.76. The summed E-state index contributed by atoms with van der Waals surface area (Å²) < 4.78 is 0. The summed E-state index contributed by atoms with van der Waals surface area (Å²) in [6.07, 6.45) is 9.30. The number of phenols is 1. The van der Waals surface area contributed by atoms with Crippen molar-refractivity contribution in [3.8, 4) is 5.75 Å². The lowest BCUT2D eigenvalue weighted by Gasteiger charge is -2.61. The van der Waals surface area contributed by atoms with Gasteiger partial charge in [-0.15, -0.1) is 0 Å². The van der Waals surface area contributed by atoms with Gasteiger partial charge in [0.15, 0.2) is 0 Å². The third-order valence-electron chi connectivity index (χ3n) is 7.76. The number of rotatable bonds is 3. The van der Waals surface area contributed by atoms with E-state index in [1.807, 2.05) is 12.1 Å². The predicted octanol–water partition coefficient (Wildman–Crippen LogP) is 4.14. The Bertz CT molecular complexity index is 641. The summed E-state index contributed by atoms with van der Waals surface area (Å²) in [6.45, 7) is 6.59. The molecule has 1 aromatic rings. The van der Waals surface area contributed by atoms with Gasteiger partial charge >= 0.3 is 0 Å². The molecule has 2 aliphatic carbocycles. The first-order valence-electron chi connectivity index (χ1n) is 10.2. The van der Waals surface area contributed by atoms with Crippen molar-refractivity contribution < 1.29 is 10.2 Å². The highest BCUT2D eigenvalue weighted by Crippen LogP contribution is 2.55. The third kappa shape index (κ3) is 2.62. The van der Waals surface area contributed by atoms with Gasteiger partial charge in [0, 0.05) is 18.0 Å². The van der Waals surface area contributed by atoms with E-state index >= 15 is 0 Å². The molecule has 2 saturated carbocycles. The Kier molecular flexibility index (Phi) is 4.36.